The summed E-state index contributed by atoms with van der Waals surface area (Å²) in [7, 11) is 0. The smallest absolute Gasteiger partial charge is 0.256 e. The van der Waals surface area contributed by atoms with Crippen LogP contribution in [0.15, 0.2) is 12.2 Å². The lowest BCUT2D eigenvalue weighted by Gasteiger charge is -2.25. The normalized spacial score (nSPS) is 11.7. The maximum absolute atomic E-state index is 10.9. The fourth-order valence-electron chi connectivity index (χ4n) is 1.17. The summed E-state index contributed by atoms with van der Waals surface area (Å²) in [6, 6.07) is 0.341. The first-order valence-electron chi connectivity index (χ1n) is 4.53. The Morgan fingerprint density at radius 2 is 2.07 bits per heavy atom. The molecule has 78 valence electrons. The van der Waals surface area contributed by atoms with Gasteiger partial charge in [0.05, 0.1) is 0 Å². The monoisotopic (exact) mass is 195 g/mol. The first-order chi connectivity index (χ1) is 6.37. The largest absolute Gasteiger partial charge is 0.306 e. The molecule has 0 radical (unpaired) electrons. The van der Waals surface area contributed by atoms with Crippen molar-refractivity contribution >= 4 is 5.91 Å². The van der Waals surface area contributed by atoms with Gasteiger partial charge < -0.3 is 5.32 Å². The Morgan fingerprint density at radius 3 is 2.50 bits per heavy atom. The van der Waals surface area contributed by atoms with Crippen LogP contribution in [-0.4, -0.2) is 17.5 Å². The topological polar surface area (TPSA) is 64.9 Å². The number of hydrogen-bond acceptors (Lipinski definition) is 3. The zero-order chi connectivity index (χ0) is 11.2. The molecule has 14 heavy (non-hydrogen) atoms. The molecule has 0 aromatic carbocycles. The molecule has 0 saturated heterocycles. The molecular formula is C10H17N3O. The number of nitriles is 1. The van der Waals surface area contributed by atoms with Gasteiger partial charge in [0.1, 0.15) is 0 Å². The Labute approximate surface area is 85.0 Å². The van der Waals surface area contributed by atoms with Crippen molar-refractivity contribution in [1.82, 2.24) is 10.6 Å². The highest BCUT2D eigenvalue weighted by Gasteiger charge is 2.14. The van der Waals surface area contributed by atoms with Gasteiger partial charge in [0.2, 0.25) is 0 Å². The van der Waals surface area contributed by atoms with Crippen molar-refractivity contribution in [2.45, 2.75) is 39.3 Å². The third kappa shape index (κ3) is 6.21. The van der Waals surface area contributed by atoms with Gasteiger partial charge >= 0.3 is 0 Å². The van der Waals surface area contributed by atoms with Crippen LogP contribution in [0.1, 0.15) is 27.7 Å². The van der Waals surface area contributed by atoms with Crippen molar-refractivity contribution in [2.24, 2.45) is 0 Å². The third-order valence-corrected chi connectivity index (χ3v) is 1.49. The average molecular weight is 195 g/mol. The molecule has 0 aromatic heterocycles. The van der Waals surface area contributed by atoms with Crippen LogP contribution in [0.2, 0.25) is 0 Å². The second-order valence-electron chi connectivity index (χ2n) is 3.96. The van der Waals surface area contributed by atoms with Gasteiger partial charge in [-0.2, -0.15) is 5.26 Å². The molecule has 0 spiro atoms. The van der Waals surface area contributed by atoms with E-state index >= 15 is 0 Å². The predicted molar refractivity (Wildman–Crippen MR) is 55.2 cm³/mol. The van der Waals surface area contributed by atoms with Crippen LogP contribution in [0.5, 0.6) is 0 Å². The van der Waals surface area contributed by atoms with E-state index in [1.54, 1.807) is 12.3 Å². The van der Waals surface area contributed by atoms with Crippen molar-refractivity contribution in [3.63, 3.8) is 0 Å². The number of carbonyl (C=O) groups is 1. The molecule has 0 aromatic rings. The minimum absolute atomic E-state index is 0.249. The van der Waals surface area contributed by atoms with E-state index < -0.39 is 5.91 Å². The van der Waals surface area contributed by atoms with Crippen LogP contribution in [0.3, 0.4) is 0 Å². The number of carbonyl (C=O) groups excluding carboxylic acids is 1. The molecule has 0 bridgehead atoms. The standard InChI is InChI=1S/C10H17N3O/c1-8(2)13-10(3,4)6-5-9(14)12-7-11/h5-6,8,13H,1-4H3,(H,12,14). The fraction of sp³-hybridized carbons (Fsp3) is 0.600. The maximum atomic E-state index is 10.9. The molecule has 0 unspecified atom stereocenters. The summed E-state index contributed by atoms with van der Waals surface area (Å²) in [5.41, 5.74) is -0.249. The minimum Gasteiger partial charge on any atom is -0.306 e. The lowest BCUT2D eigenvalue weighted by atomic mass is 10.0. The molecule has 0 atom stereocenters. The summed E-state index contributed by atoms with van der Waals surface area (Å²) in [5.74, 6) is -0.397. The van der Waals surface area contributed by atoms with Gasteiger partial charge in [-0.1, -0.05) is 19.9 Å². The molecule has 0 saturated carbocycles. The highest BCUT2D eigenvalue weighted by molar-refractivity contribution is 5.88. The highest BCUT2D eigenvalue weighted by atomic mass is 16.1. The van der Waals surface area contributed by atoms with E-state index in [4.69, 9.17) is 5.26 Å². The van der Waals surface area contributed by atoms with Crippen LogP contribution in [-0.2, 0) is 4.79 Å². The SMILES string of the molecule is CC(C)NC(C)(C)C=CC(=O)NC#N. The van der Waals surface area contributed by atoms with Crippen LogP contribution < -0.4 is 10.6 Å². The molecule has 1 amide bonds. The van der Waals surface area contributed by atoms with E-state index in [2.05, 4.69) is 5.32 Å². The summed E-state index contributed by atoms with van der Waals surface area (Å²) < 4.78 is 0. The molecule has 0 aliphatic rings. The van der Waals surface area contributed by atoms with Crippen molar-refractivity contribution < 1.29 is 4.79 Å². The summed E-state index contributed by atoms with van der Waals surface area (Å²) >= 11 is 0. The molecule has 0 fully saturated rings. The molecule has 0 rings (SSSR count). The second kappa shape index (κ2) is 5.40. The highest BCUT2D eigenvalue weighted by Crippen LogP contribution is 2.05. The molecule has 0 aliphatic carbocycles. The van der Waals surface area contributed by atoms with Crippen molar-refractivity contribution in [3.05, 3.63) is 12.2 Å². The molecule has 4 heteroatoms. The lowest BCUT2D eigenvalue weighted by Crippen LogP contribution is -2.42. The van der Waals surface area contributed by atoms with Gasteiger partial charge in [-0.15, -0.1) is 0 Å². The average Bonchev–Trinajstić information content (AvgIpc) is 1.99. The first-order valence-corrected chi connectivity index (χ1v) is 4.53. The quantitative estimate of drug-likeness (QED) is 0.398. The Balaban J connectivity index is 4.21. The Bertz CT molecular complexity index is 261. The molecule has 0 heterocycles. The molecule has 4 nitrogen and oxygen atoms in total. The van der Waals surface area contributed by atoms with Crippen molar-refractivity contribution in [1.29, 1.82) is 5.26 Å². The Kier molecular flexibility index (Phi) is 4.89. The number of hydrogen-bond donors (Lipinski definition) is 2. The minimum atomic E-state index is -0.397. The molecular weight excluding hydrogens is 178 g/mol. The zero-order valence-corrected chi connectivity index (χ0v) is 9.09. The predicted octanol–water partition coefficient (Wildman–Crippen LogP) is 0.916. The van der Waals surface area contributed by atoms with Crippen molar-refractivity contribution in [2.75, 3.05) is 0 Å². The van der Waals surface area contributed by atoms with Crippen LogP contribution in [0, 0.1) is 11.5 Å². The molecule has 2 N–H and O–H groups in total. The van der Waals surface area contributed by atoms with Crippen molar-refractivity contribution in [3.8, 4) is 6.19 Å². The Morgan fingerprint density at radius 1 is 1.50 bits per heavy atom. The van der Waals surface area contributed by atoms with Gasteiger partial charge in [-0.3, -0.25) is 10.1 Å². The van der Waals surface area contributed by atoms with Gasteiger partial charge in [0, 0.05) is 17.7 Å². The third-order valence-electron chi connectivity index (χ3n) is 1.49. The summed E-state index contributed by atoms with van der Waals surface area (Å²) in [6.07, 6.45) is 4.67. The summed E-state index contributed by atoms with van der Waals surface area (Å²) in [4.78, 5) is 10.9. The van der Waals surface area contributed by atoms with E-state index in [0.29, 0.717) is 6.04 Å². The number of rotatable bonds is 4. The van der Waals surface area contributed by atoms with E-state index in [0.717, 1.165) is 0 Å². The maximum Gasteiger partial charge on any atom is 0.256 e. The molecule has 0 aliphatic heterocycles. The Hall–Kier alpha value is -1.34. The zero-order valence-electron chi connectivity index (χ0n) is 9.09. The van der Waals surface area contributed by atoms with E-state index in [1.165, 1.54) is 6.08 Å². The van der Waals surface area contributed by atoms with Crippen LogP contribution >= 0.6 is 0 Å². The van der Waals surface area contributed by atoms with Gasteiger partial charge in [-0.05, 0) is 13.8 Å². The van der Waals surface area contributed by atoms with Gasteiger partial charge in [0.15, 0.2) is 6.19 Å². The van der Waals surface area contributed by atoms with E-state index in [-0.39, 0.29) is 5.54 Å². The number of nitrogens with zero attached hydrogens (tertiary/aromatic N) is 1. The number of amides is 1. The second-order valence-corrected chi connectivity index (χ2v) is 3.96. The van der Waals surface area contributed by atoms with Gasteiger partial charge in [0.25, 0.3) is 5.91 Å². The summed E-state index contributed by atoms with van der Waals surface area (Å²) in [5, 5.41) is 13.5. The fourth-order valence-corrected chi connectivity index (χ4v) is 1.17. The first kappa shape index (κ1) is 12.7. The summed E-state index contributed by atoms with van der Waals surface area (Å²) in [6.45, 7) is 7.99. The van der Waals surface area contributed by atoms with Crippen LogP contribution in [0.25, 0.3) is 0 Å². The van der Waals surface area contributed by atoms with E-state index in [1.807, 2.05) is 33.0 Å². The van der Waals surface area contributed by atoms with Gasteiger partial charge in [-0.25, -0.2) is 0 Å². The van der Waals surface area contributed by atoms with E-state index in [9.17, 15) is 4.79 Å². The number of nitrogens with one attached hydrogen (secondary N) is 2. The lowest BCUT2D eigenvalue weighted by molar-refractivity contribution is -0.115. The van der Waals surface area contributed by atoms with Crippen LogP contribution in [0.4, 0.5) is 0 Å².